The molecule has 1 heterocycles. The van der Waals surface area contributed by atoms with Gasteiger partial charge in [-0.25, -0.2) is 4.98 Å². The molecular formula is C14H24N2S. The molecule has 3 unspecified atom stereocenters. The number of hydrogen-bond donors (Lipinski definition) is 1. The smallest absolute Gasteiger partial charge is 0.0928 e. The maximum absolute atomic E-state index is 4.44. The van der Waals surface area contributed by atoms with Crippen LogP contribution in [0.3, 0.4) is 0 Å². The molecule has 0 amide bonds. The highest BCUT2D eigenvalue weighted by Crippen LogP contribution is 2.35. The Bertz CT molecular complexity index is 321. The molecule has 3 heteroatoms. The third-order valence-electron chi connectivity index (χ3n) is 4.26. The molecule has 0 aromatic carbocycles. The molecule has 1 N–H and O–H groups in total. The molecule has 3 atom stereocenters. The Morgan fingerprint density at radius 3 is 2.88 bits per heavy atom. The summed E-state index contributed by atoms with van der Waals surface area (Å²) in [5.41, 5.74) is 0. The first-order chi connectivity index (χ1) is 8.20. The zero-order valence-electron chi connectivity index (χ0n) is 11.1. The molecule has 1 aliphatic carbocycles. The Morgan fingerprint density at radius 1 is 1.47 bits per heavy atom. The van der Waals surface area contributed by atoms with Gasteiger partial charge in [0, 0.05) is 24.0 Å². The van der Waals surface area contributed by atoms with Crippen molar-refractivity contribution in [1.29, 1.82) is 0 Å². The number of nitrogens with zero attached hydrogens (tertiary/aromatic N) is 1. The van der Waals surface area contributed by atoms with Crippen molar-refractivity contribution in [3.8, 4) is 0 Å². The summed E-state index contributed by atoms with van der Waals surface area (Å²) in [6, 6.07) is 0.689. The van der Waals surface area contributed by atoms with Gasteiger partial charge in [0.2, 0.25) is 0 Å². The van der Waals surface area contributed by atoms with Crippen molar-refractivity contribution in [3.63, 3.8) is 0 Å². The van der Waals surface area contributed by atoms with Gasteiger partial charge in [-0.1, -0.05) is 13.8 Å². The fourth-order valence-electron chi connectivity index (χ4n) is 3.09. The summed E-state index contributed by atoms with van der Waals surface area (Å²) in [4.78, 5) is 4.44. The molecule has 1 fully saturated rings. The Morgan fingerprint density at radius 2 is 2.29 bits per heavy atom. The van der Waals surface area contributed by atoms with Gasteiger partial charge >= 0.3 is 0 Å². The van der Waals surface area contributed by atoms with E-state index < -0.39 is 0 Å². The maximum Gasteiger partial charge on any atom is 0.0928 e. The number of hydrogen-bond acceptors (Lipinski definition) is 3. The summed E-state index contributed by atoms with van der Waals surface area (Å²) in [7, 11) is 2.11. The van der Waals surface area contributed by atoms with Gasteiger partial charge in [0.15, 0.2) is 0 Å². The van der Waals surface area contributed by atoms with E-state index in [0.717, 1.165) is 24.2 Å². The predicted molar refractivity (Wildman–Crippen MR) is 74.3 cm³/mol. The number of rotatable bonds is 4. The lowest BCUT2D eigenvalue weighted by molar-refractivity contribution is 0.172. The van der Waals surface area contributed by atoms with E-state index in [1.165, 1.54) is 24.3 Å². The molecule has 0 bridgehead atoms. The molecule has 0 radical (unpaired) electrons. The third kappa shape index (κ3) is 3.29. The van der Waals surface area contributed by atoms with Crippen molar-refractivity contribution in [2.24, 2.45) is 17.8 Å². The van der Waals surface area contributed by atoms with E-state index in [0.29, 0.717) is 6.04 Å². The van der Waals surface area contributed by atoms with Gasteiger partial charge in [-0.3, -0.25) is 0 Å². The summed E-state index contributed by atoms with van der Waals surface area (Å²) < 4.78 is 0. The van der Waals surface area contributed by atoms with Crippen molar-refractivity contribution >= 4 is 11.3 Å². The SMILES string of the molecule is CNC1CCC(C(C)C)CC1Cc1nccs1. The third-order valence-corrected chi connectivity index (χ3v) is 5.06. The highest BCUT2D eigenvalue weighted by atomic mass is 32.1. The van der Waals surface area contributed by atoms with E-state index in [-0.39, 0.29) is 0 Å². The molecule has 1 aromatic heterocycles. The summed E-state index contributed by atoms with van der Waals surface area (Å²) >= 11 is 1.80. The predicted octanol–water partition coefficient (Wildman–Crippen LogP) is 3.35. The first kappa shape index (κ1) is 13.0. The second kappa shape index (κ2) is 5.96. The van der Waals surface area contributed by atoms with Crippen molar-refractivity contribution in [2.75, 3.05) is 7.05 Å². The minimum Gasteiger partial charge on any atom is -0.317 e. The van der Waals surface area contributed by atoms with Crippen LogP contribution < -0.4 is 5.32 Å². The summed E-state index contributed by atoms with van der Waals surface area (Å²) in [6.07, 6.45) is 7.17. The second-order valence-electron chi connectivity index (χ2n) is 5.60. The van der Waals surface area contributed by atoms with E-state index in [9.17, 15) is 0 Å². The molecular weight excluding hydrogens is 228 g/mol. The second-order valence-corrected chi connectivity index (χ2v) is 6.58. The van der Waals surface area contributed by atoms with Crippen molar-refractivity contribution in [3.05, 3.63) is 16.6 Å². The number of thiazole rings is 1. The molecule has 0 saturated heterocycles. The molecule has 2 rings (SSSR count). The van der Waals surface area contributed by atoms with Crippen LogP contribution >= 0.6 is 11.3 Å². The molecule has 1 aliphatic rings. The van der Waals surface area contributed by atoms with E-state index in [1.807, 2.05) is 6.20 Å². The maximum atomic E-state index is 4.44. The largest absolute Gasteiger partial charge is 0.317 e. The zero-order chi connectivity index (χ0) is 12.3. The van der Waals surface area contributed by atoms with E-state index in [4.69, 9.17) is 0 Å². The van der Waals surface area contributed by atoms with Crippen molar-refractivity contribution < 1.29 is 0 Å². The van der Waals surface area contributed by atoms with Crippen LogP contribution in [-0.2, 0) is 6.42 Å². The van der Waals surface area contributed by atoms with Gasteiger partial charge in [0.05, 0.1) is 5.01 Å². The summed E-state index contributed by atoms with van der Waals surface area (Å²) in [5, 5.41) is 6.90. The highest BCUT2D eigenvalue weighted by Gasteiger charge is 2.31. The van der Waals surface area contributed by atoms with Gasteiger partial charge in [0.25, 0.3) is 0 Å². The number of nitrogens with one attached hydrogen (secondary N) is 1. The lowest BCUT2D eigenvalue weighted by atomic mass is 9.72. The quantitative estimate of drug-likeness (QED) is 0.889. The first-order valence-electron chi connectivity index (χ1n) is 6.76. The normalized spacial score (nSPS) is 29.8. The van der Waals surface area contributed by atoms with Crippen LogP contribution in [0, 0.1) is 17.8 Å². The monoisotopic (exact) mass is 252 g/mol. The van der Waals surface area contributed by atoms with E-state index >= 15 is 0 Å². The van der Waals surface area contributed by atoms with Crippen LogP contribution in [-0.4, -0.2) is 18.1 Å². The fourth-order valence-corrected chi connectivity index (χ4v) is 3.80. The van der Waals surface area contributed by atoms with Gasteiger partial charge in [-0.15, -0.1) is 11.3 Å². The van der Waals surface area contributed by atoms with Crippen LogP contribution in [0.1, 0.15) is 38.1 Å². The van der Waals surface area contributed by atoms with Crippen molar-refractivity contribution in [2.45, 2.75) is 45.6 Å². The van der Waals surface area contributed by atoms with Crippen LogP contribution in [0.4, 0.5) is 0 Å². The van der Waals surface area contributed by atoms with E-state index in [2.05, 4.69) is 36.6 Å². The molecule has 1 aromatic rings. The number of aromatic nitrogens is 1. The first-order valence-corrected chi connectivity index (χ1v) is 7.64. The van der Waals surface area contributed by atoms with Crippen LogP contribution in [0.2, 0.25) is 0 Å². The summed E-state index contributed by atoms with van der Waals surface area (Å²) in [5.74, 6) is 2.50. The van der Waals surface area contributed by atoms with Gasteiger partial charge in [-0.05, 0) is 44.1 Å². The molecule has 0 aliphatic heterocycles. The average molecular weight is 252 g/mol. The average Bonchev–Trinajstić information content (AvgIpc) is 2.81. The Hall–Kier alpha value is -0.410. The molecule has 2 nitrogen and oxygen atoms in total. The zero-order valence-corrected chi connectivity index (χ0v) is 12.0. The van der Waals surface area contributed by atoms with Crippen LogP contribution in [0.15, 0.2) is 11.6 Å². The van der Waals surface area contributed by atoms with E-state index in [1.54, 1.807) is 11.3 Å². The molecule has 0 spiro atoms. The van der Waals surface area contributed by atoms with Crippen LogP contribution in [0.5, 0.6) is 0 Å². The Balaban J connectivity index is 1.99. The topological polar surface area (TPSA) is 24.9 Å². The Kier molecular flexibility index (Phi) is 4.57. The summed E-state index contributed by atoms with van der Waals surface area (Å²) in [6.45, 7) is 4.73. The fraction of sp³-hybridized carbons (Fsp3) is 0.786. The standard InChI is InChI=1S/C14H24N2S/c1-10(2)11-4-5-13(15-3)12(8-11)9-14-16-6-7-17-14/h6-7,10-13,15H,4-5,8-9H2,1-3H3. The van der Waals surface area contributed by atoms with Crippen LogP contribution in [0.25, 0.3) is 0 Å². The minimum absolute atomic E-state index is 0.689. The van der Waals surface area contributed by atoms with Crippen molar-refractivity contribution in [1.82, 2.24) is 10.3 Å². The molecule has 17 heavy (non-hydrogen) atoms. The Labute approximate surface area is 109 Å². The highest BCUT2D eigenvalue weighted by molar-refractivity contribution is 7.09. The molecule has 1 saturated carbocycles. The van der Waals surface area contributed by atoms with Gasteiger partial charge in [0.1, 0.15) is 0 Å². The van der Waals surface area contributed by atoms with Gasteiger partial charge in [-0.2, -0.15) is 0 Å². The molecule has 96 valence electrons. The van der Waals surface area contributed by atoms with Gasteiger partial charge < -0.3 is 5.32 Å². The lowest BCUT2D eigenvalue weighted by Crippen LogP contribution is -2.40. The lowest BCUT2D eigenvalue weighted by Gasteiger charge is -2.37. The minimum atomic E-state index is 0.689.